The van der Waals surface area contributed by atoms with E-state index in [1.807, 2.05) is 18.2 Å². The highest BCUT2D eigenvalue weighted by atomic mass is 35.5. The number of hydrogen-bond acceptors (Lipinski definition) is 4. The Morgan fingerprint density at radius 1 is 1.00 bits per heavy atom. The van der Waals surface area contributed by atoms with Gasteiger partial charge in [-0.05, 0) is 55.6 Å². The van der Waals surface area contributed by atoms with Gasteiger partial charge in [-0.25, -0.2) is 9.37 Å². The summed E-state index contributed by atoms with van der Waals surface area (Å²) in [5, 5.41) is 7.37. The van der Waals surface area contributed by atoms with Crippen LogP contribution in [0.4, 0.5) is 16.2 Å². The predicted molar refractivity (Wildman–Crippen MR) is 133 cm³/mol. The predicted octanol–water partition coefficient (Wildman–Crippen LogP) is 5.84. The molecule has 1 saturated carbocycles. The Bertz CT molecular complexity index is 909. The first-order valence-corrected chi connectivity index (χ1v) is 12.4. The van der Waals surface area contributed by atoms with Gasteiger partial charge in [-0.15, -0.1) is 0 Å². The Morgan fingerprint density at radius 2 is 1.66 bits per heavy atom. The van der Waals surface area contributed by atoms with Crippen LogP contribution < -0.4 is 15.5 Å². The van der Waals surface area contributed by atoms with Crippen LogP contribution in [0, 0.1) is 5.82 Å². The van der Waals surface area contributed by atoms with Crippen LogP contribution >= 0.6 is 23.8 Å². The monoisotopic (exact) mass is 475 g/mol. The number of benzene rings is 1. The van der Waals surface area contributed by atoms with Crippen LogP contribution in [0.15, 0.2) is 30.3 Å². The fourth-order valence-electron chi connectivity index (χ4n) is 4.92. The Kier molecular flexibility index (Phi) is 7.79. The molecule has 5 nitrogen and oxygen atoms in total. The summed E-state index contributed by atoms with van der Waals surface area (Å²) in [6.45, 7) is 2.65. The maximum absolute atomic E-state index is 13.5. The summed E-state index contributed by atoms with van der Waals surface area (Å²) >= 11 is 11.9. The van der Waals surface area contributed by atoms with E-state index in [4.69, 9.17) is 23.8 Å². The molecule has 1 aromatic carbocycles. The molecule has 0 amide bonds. The number of aromatic nitrogens is 2. The van der Waals surface area contributed by atoms with E-state index in [-0.39, 0.29) is 11.2 Å². The summed E-state index contributed by atoms with van der Waals surface area (Å²) in [5.74, 6) is 1.05. The number of hydrogen-bond donors (Lipinski definition) is 2. The van der Waals surface area contributed by atoms with E-state index in [9.17, 15) is 4.39 Å². The van der Waals surface area contributed by atoms with E-state index < -0.39 is 0 Å². The van der Waals surface area contributed by atoms with Crippen molar-refractivity contribution in [3.8, 4) is 0 Å². The first kappa shape index (κ1) is 23.2. The van der Waals surface area contributed by atoms with E-state index in [2.05, 4.69) is 25.5 Å². The third kappa shape index (κ3) is 5.87. The lowest BCUT2D eigenvalue weighted by Crippen LogP contribution is -2.43. The maximum atomic E-state index is 13.5. The molecule has 0 spiro atoms. The molecule has 0 radical (unpaired) electrons. The van der Waals surface area contributed by atoms with Crippen LogP contribution in [-0.2, 0) is 5.41 Å². The third-order valence-corrected chi connectivity index (χ3v) is 7.13. The number of thiocarbonyl (C=S) groups is 1. The number of nitrogens with zero attached hydrogens (tertiary/aromatic N) is 3. The van der Waals surface area contributed by atoms with Crippen molar-refractivity contribution in [2.24, 2.45) is 0 Å². The molecule has 1 aliphatic heterocycles. The molecule has 2 fully saturated rings. The van der Waals surface area contributed by atoms with Crippen LogP contribution in [0.25, 0.3) is 0 Å². The van der Waals surface area contributed by atoms with Gasteiger partial charge in [0.15, 0.2) is 5.11 Å². The van der Waals surface area contributed by atoms with E-state index in [1.54, 1.807) is 12.1 Å². The minimum atomic E-state index is -0.205. The van der Waals surface area contributed by atoms with Gasteiger partial charge in [-0.2, -0.15) is 4.98 Å². The molecule has 0 unspecified atom stereocenters. The summed E-state index contributed by atoms with van der Waals surface area (Å²) in [5.41, 5.74) is 1.11. The van der Waals surface area contributed by atoms with Gasteiger partial charge in [0.2, 0.25) is 5.95 Å². The van der Waals surface area contributed by atoms with Crippen LogP contribution in [0.1, 0.15) is 63.4 Å². The highest BCUT2D eigenvalue weighted by Gasteiger charge is 2.34. The standard InChI is InChI=1S/C24H31ClFN5S/c25-20-16-21(31-14-6-1-2-7-15-31)29-22(28-20)30-23(32)27-17-24(12-4-3-5-13-24)18-8-10-19(26)11-9-18/h8-11,16H,1-7,12-15,17H2,(H2,27,28,29,30,32). The van der Waals surface area contributed by atoms with Crippen molar-refractivity contribution in [1.29, 1.82) is 0 Å². The van der Waals surface area contributed by atoms with Crippen molar-refractivity contribution in [1.82, 2.24) is 15.3 Å². The lowest BCUT2D eigenvalue weighted by atomic mass is 9.69. The summed E-state index contributed by atoms with van der Waals surface area (Å²) in [4.78, 5) is 11.3. The molecular formula is C24H31ClFN5S. The molecule has 8 heteroatoms. The molecule has 0 bridgehead atoms. The summed E-state index contributed by atoms with van der Waals surface area (Å²) in [6, 6.07) is 8.73. The van der Waals surface area contributed by atoms with Gasteiger partial charge in [-0.3, -0.25) is 0 Å². The smallest absolute Gasteiger partial charge is 0.232 e. The third-order valence-electron chi connectivity index (χ3n) is 6.69. The molecule has 1 aliphatic carbocycles. The molecule has 2 heterocycles. The Morgan fingerprint density at radius 3 is 2.34 bits per heavy atom. The number of anilines is 2. The van der Waals surface area contributed by atoms with Crippen LogP contribution in [0.2, 0.25) is 5.15 Å². The summed E-state index contributed by atoms with van der Waals surface area (Å²) in [6.07, 6.45) is 10.5. The maximum Gasteiger partial charge on any atom is 0.232 e. The average Bonchev–Trinajstić information content (AvgIpc) is 3.08. The zero-order chi connectivity index (χ0) is 22.4. The molecular weight excluding hydrogens is 445 g/mol. The highest BCUT2D eigenvalue weighted by Crippen LogP contribution is 2.39. The average molecular weight is 476 g/mol. The second-order valence-electron chi connectivity index (χ2n) is 8.93. The van der Waals surface area contributed by atoms with Gasteiger partial charge in [-0.1, -0.05) is 55.8 Å². The van der Waals surface area contributed by atoms with Gasteiger partial charge < -0.3 is 15.5 Å². The van der Waals surface area contributed by atoms with Crippen molar-refractivity contribution in [3.63, 3.8) is 0 Å². The molecule has 0 atom stereocenters. The van der Waals surface area contributed by atoms with Crippen molar-refractivity contribution < 1.29 is 4.39 Å². The Hall–Kier alpha value is -1.99. The number of rotatable bonds is 5. The largest absolute Gasteiger partial charge is 0.361 e. The fraction of sp³-hybridized carbons (Fsp3) is 0.542. The lowest BCUT2D eigenvalue weighted by Gasteiger charge is -2.38. The molecule has 1 aromatic heterocycles. The van der Waals surface area contributed by atoms with Gasteiger partial charge in [0.25, 0.3) is 0 Å². The minimum Gasteiger partial charge on any atom is -0.361 e. The second kappa shape index (κ2) is 10.8. The first-order chi connectivity index (χ1) is 15.5. The van der Waals surface area contributed by atoms with E-state index in [1.165, 1.54) is 19.3 Å². The first-order valence-electron chi connectivity index (χ1n) is 11.6. The quantitative estimate of drug-likeness (QED) is 0.418. The van der Waals surface area contributed by atoms with Crippen molar-refractivity contribution in [3.05, 3.63) is 46.9 Å². The summed E-state index contributed by atoms with van der Waals surface area (Å²) < 4.78 is 13.5. The van der Waals surface area contributed by atoms with Gasteiger partial charge in [0.05, 0.1) is 0 Å². The molecule has 2 N–H and O–H groups in total. The van der Waals surface area contributed by atoms with Gasteiger partial charge in [0, 0.05) is 31.1 Å². The second-order valence-corrected chi connectivity index (χ2v) is 9.72. The Balaban J connectivity index is 1.43. The lowest BCUT2D eigenvalue weighted by molar-refractivity contribution is 0.292. The summed E-state index contributed by atoms with van der Waals surface area (Å²) in [7, 11) is 0. The molecule has 2 aromatic rings. The molecule has 1 saturated heterocycles. The molecule has 172 valence electrons. The molecule has 4 rings (SSSR count). The van der Waals surface area contributed by atoms with Gasteiger partial charge >= 0.3 is 0 Å². The Labute approximate surface area is 200 Å². The number of nitrogens with one attached hydrogen (secondary N) is 2. The van der Waals surface area contributed by atoms with Crippen LogP contribution in [-0.4, -0.2) is 34.7 Å². The van der Waals surface area contributed by atoms with Gasteiger partial charge in [0.1, 0.15) is 16.8 Å². The highest BCUT2D eigenvalue weighted by molar-refractivity contribution is 7.80. The SMILES string of the molecule is Fc1ccc(C2(CNC(=S)Nc3nc(Cl)cc(N4CCCCCC4)n3)CCCCC2)cc1. The van der Waals surface area contributed by atoms with E-state index in [0.717, 1.165) is 63.0 Å². The van der Waals surface area contributed by atoms with E-state index in [0.29, 0.717) is 22.8 Å². The van der Waals surface area contributed by atoms with Crippen molar-refractivity contribution >= 4 is 40.7 Å². The molecule has 2 aliphatic rings. The van der Waals surface area contributed by atoms with Crippen molar-refractivity contribution in [2.75, 3.05) is 29.9 Å². The van der Waals surface area contributed by atoms with Crippen molar-refractivity contribution in [2.45, 2.75) is 63.2 Å². The van der Waals surface area contributed by atoms with Crippen LogP contribution in [0.5, 0.6) is 0 Å². The zero-order valence-electron chi connectivity index (χ0n) is 18.4. The normalized spacial score (nSPS) is 18.6. The topological polar surface area (TPSA) is 53.1 Å². The fourth-order valence-corrected chi connectivity index (χ4v) is 5.26. The number of halogens is 2. The minimum absolute atomic E-state index is 0.0515. The zero-order valence-corrected chi connectivity index (χ0v) is 20.0. The molecule has 32 heavy (non-hydrogen) atoms. The van der Waals surface area contributed by atoms with E-state index >= 15 is 0 Å². The van der Waals surface area contributed by atoms with Crippen LogP contribution in [0.3, 0.4) is 0 Å².